The van der Waals surface area contributed by atoms with Crippen LogP contribution < -0.4 is 0 Å². The summed E-state index contributed by atoms with van der Waals surface area (Å²) >= 11 is 1.89. The zero-order chi connectivity index (χ0) is 14.2. The number of fused-ring (bicyclic) bond motifs is 1. The lowest BCUT2D eigenvalue weighted by Gasteiger charge is -2.17. The van der Waals surface area contributed by atoms with Crippen molar-refractivity contribution in [2.24, 2.45) is 0 Å². The van der Waals surface area contributed by atoms with Crippen LogP contribution in [-0.2, 0) is 0 Å². The third-order valence-electron chi connectivity index (χ3n) is 3.14. The molecule has 0 amide bonds. The van der Waals surface area contributed by atoms with E-state index in [2.05, 4.69) is 80.4 Å². The second-order valence-electron chi connectivity index (χ2n) is 5.96. The zero-order valence-electron chi connectivity index (χ0n) is 12.1. The van der Waals surface area contributed by atoms with Crippen LogP contribution in [0.4, 0.5) is 0 Å². The van der Waals surface area contributed by atoms with Crippen molar-refractivity contribution in [1.29, 1.82) is 0 Å². The van der Waals surface area contributed by atoms with Gasteiger partial charge in [0, 0.05) is 21.2 Å². The molecule has 0 saturated heterocycles. The second-order valence-corrected chi connectivity index (χ2v) is 7.79. The number of benzene rings is 2. The molecule has 0 radical (unpaired) electrons. The molecular formula is C18H19NS. The van der Waals surface area contributed by atoms with Crippen molar-refractivity contribution in [3.8, 4) is 11.1 Å². The molecule has 0 unspecified atom stereocenters. The molecule has 0 fully saturated rings. The first kappa shape index (κ1) is 13.3. The Hall–Kier alpha value is -1.67. The van der Waals surface area contributed by atoms with E-state index in [1.807, 2.05) is 11.8 Å². The van der Waals surface area contributed by atoms with Gasteiger partial charge in [-0.2, -0.15) is 0 Å². The van der Waals surface area contributed by atoms with Gasteiger partial charge in [0.25, 0.3) is 0 Å². The van der Waals surface area contributed by atoms with Crippen LogP contribution >= 0.6 is 11.8 Å². The number of H-pyrrole nitrogens is 1. The smallest absolute Gasteiger partial charge is 0.0817 e. The van der Waals surface area contributed by atoms with Gasteiger partial charge in [0.2, 0.25) is 0 Å². The fraction of sp³-hybridized carbons (Fsp3) is 0.222. The van der Waals surface area contributed by atoms with E-state index < -0.39 is 0 Å². The second kappa shape index (κ2) is 5.02. The van der Waals surface area contributed by atoms with E-state index in [0.29, 0.717) is 0 Å². The fourth-order valence-corrected chi connectivity index (χ4v) is 3.49. The van der Waals surface area contributed by atoms with Crippen molar-refractivity contribution in [2.45, 2.75) is 30.5 Å². The highest BCUT2D eigenvalue weighted by molar-refractivity contribution is 8.00. The highest BCUT2D eigenvalue weighted by Crippen LogP contribution is 2.42. The van der Waals surface area contributed by atoms with Crippen molar-refractivity contribution >= 4 is 22.7 Å². The standard InChI is InChI=1S/C18H19NS/c1-18(2,3)20-17-16(13-9-5-4-6-10-13)14-11-7-8-12-15(14)19-17/h4-12,19H,1-3H3. The lowest BCUT2D eigenvalue weighted by molar-refractivity contribution is 0.801. The Morgan fingerprint density at radius 3 is 2.20 bits per heavy atom. The summed E-state index contributed by atoms with van der Waals surface area (Å²) in [6, 6.07) is 19.2. The van der Waals surface area contributed by atoms with Crippen molar-refractivity contribution < 1.29 is 0 Å². The summed E-state index contributed by atoms with van der Waals surface area (Å²) in [5, 5.41) is 2.55. The topological polar surface area (TPSA) is 15.8 Å². The molecule has 0 aliphatic heterocycles. The highest BCUT2D eigenvalue weighted by Gasteiger charge is 2.19. The summed E-state index contributed by atoms with van der Waals surface area (Å²) in [6.45, 7) is 6.74. The predicted molar refractivity (Wildman–Crippen MR) is 89.3 cm³/mol. The quantitative estimate of drug-likeness (QED) is 0.593. The molecule has 1 aromatic heterocycles. The minimum atomic E-state index is 0.185. The summed E-state index contributed by atoms with van der Waals surface area (Å²) in [5.41, 5.74) is 3.80. The van der Waals surface area contributed by atoms with Crippen LogP contribution in [0, 0.1) is 0 Å². The summed E-state index contributed by atoms with van der Waals surface area (Å²) in [4.78, 5) is 3.58. The van der Waals surface area contributed by atoms with Crippen LogP contribution in [0.25, 0.3) is 22.0 Å². The predicted octanol–water partition coefficient (Wildman–Crippen LogP) is 5.73. The number of hydrogen-bond acceptors (Lipinski definition) is 1. The summed E-state index contributed by atoms with van der Waals surface area (Å²) in [6.07, 6.45) is 0. The largest absolute Gasteiger partial charge is 0.349 e. The molecule has 102 valence electrons. The molecule has 1 N–H and O–H groups in total. The molecule has 3 rings (SSSR count). The van der Waals surface area contributed by atoms with Crippen molar-refractivity contribution in [1.82, 2.24) is 4.98 Å². The maximum absolute atomic E-state index is 3.58. The summed E-state index contributed by atoms with van der Waals surface area (Å²) in [5.74, 6) is 0. The summed E-state index contributed by atoms with van der Waals surface area (Å²) in [7, 11) is 0. The average Bonchev–Trinajstić information content (AvgIpc) is 2.75. The van der Waals surface area contributed by atoms with Gasteiger partial charge in [-0.3, -0.25) is 0 Å². The van der Waals surface area contributed by atoms with Gasteiger partial charge in [-0.15, -0.1) is 11.8 Å². The Morgan fingerprint density at radius 2 is 1.50 bits per heavy atom. The molecule has 0 spiro atoms. The maximum atomic E-state index is 3.58. The average molecular weight is 281 g/mol. The number of para-hydroxylation sites is 1. The van der Waals surface area contributed by atoms with E-state index in [9.17, 15) is 0 Å². The van der Waals surface area contributed by atoms with E-state index in [1.54, 1.807) is 0 Å². The molecule has 0 aliphatic carbocycles. The Kier molecular flexibility index (Phi) is 3.35. The van der Waals surface area contributed by atoms with Gasteiger partial charge in [0.15, 0.2) is 0 Å². The highest BCUT2D eigenvalue weighted by atomic mass is 32.2. The van der Waals surface area contributed by atoms with E-state index in [-0.39, 0.29) is 4.75 Å². The van der Waals surface area contributed by atoms with E-state index >= 15 is 0 Å². The number of aromatic amines is 1. The van der Waals surface area contributed by atoms with Crippen LogP contribution in [-0.4, -0.2) is 9.73 Å². The molecule has 0 atom stereocenters. The Bertz CT molecular complexity index is 720. The first-order valence-electron chi connectivity index (χ1n) is 6.90. The van der Waals surface area contributed by atoms with Crippen molar-refractivity contribution in [3.63, 3.8) is 0 Å². The molecule has 0 bridgehead atoms. The molecule has 0 saturated carbocycles. The number of rotatable bonds is 2. The molecular weight excluding hydrogens is 262 g/mol. The fourth-order valence-electron chi connectivity index (χ4n) is 2.39. The van der Waals surface area contributed by atoms with Crippen LogP contribution in [0.3, 0.4) is 0 Å². The van der Waals surface area contributed by atoms with Gasteiger partial charge in [-0.1, -0.05) is 69.3 Å². The van der Waals surface area contributed by atoms with E-state index in [1.165, 1.54) is 27.1 Å². The number of hydrogen-bond donors (Lipinski definition) is 1. The first-order chi connectivity index (χ1) is 9.54. The monoisotopic (exact) mass is 281 g/mol. The summed E-state index contributed by atoms with van der Waals surface area (Å²) < 4.78 is 0.185. The lowest BCUT2D eigenvalue weighted by Crippen LogP contribution is -2.07. The van der Waals surface area contributed by atoms with Gasteiger partial charge in [-0.25, -0.2) is 0 Å². The molecule has 1 heterocycles. The molecule has 1 nitrogen and oxygen atoms in total. The maximum Gasteiger partial charge on any atom is 0.0817 e. The first-order valence-corrected chi connectivity index (χ1v) is 7.71. The third kappa shape index (κ3) is 2.61. The zero-order valence-corrected chi connectivity index (χ0v) is 12.9. The van der Waals surface area contributed by atoms with Crippen LogP contribution in [0.15, 0.2) is 59.6 Å². The Morgan fingerprint density at radius 1 is 0.850 bits per heavy atom. The molecule has 0 aliphatic rings. The molecule has 2 heteroatoms. The molecule has 20 heavy (non-hydrogen) atoms. The van der Waals surface area contributed by atoms with Crippen molar-refractivity contribution in [2.75, 3.05) is 0 Å². The van der Waals surface area contributed by atoms with Crippen LogP contribution in [0.2, 0.25) is 0 Å². The van der Waals surface area contributed by atoms with E-state index in [4.69, 9.17) is 0 Å². The Labute approximate surface area is 124 Å². The number of thioether (sulfide) groups is 1. The Balaban J connectivity index is 2.24. The number of nitrogens with one attached hydrogen (secondary N) is 1. The lowest BCUT2D eigenvalue weighted by atomic mass is 10.1. The normalized spacial score (nSPS) is 11.9. The van der Waals surface area contributed by atoms with Crippen LogP contribution in [0.5, 0.6) is 0 Å². The minimum absolute atomic E-state index is 0.185. The van der Waals surface area contributed by atoms with Gasteiger partial charge >= 0.3 is 0 Å². The van der Waals surface area contributed by atoms with E-state index in [0.717, 1.165) is 0 Å². The van der Waals surface area contributed by atoms with Gasteiger partial charge in [-0.05, 0) is 11.6 Å². The number of aromatic nitrogens is 1. The third-order valence-corrected chi connectivity index (χ3v) is 4.27. The molecule has 3 aromatic rings. The van der Waals surface area contributed by atoms with Gasteiger partial charge in [0.1, 0.15) is 0 Å². The minimum Gasteiger partial charge on any atom is -0.349 e. The SMILES string of the molecule is CC(C)(C)Sc1[nH]c2ccccc2c1-c1ccccc1. The molecule has 2 aromatic carbocycles. The van der Waals surface area contributed by atoms with Crippen LogP contribution in [0.1, 0.15) is 20.8 Å². The van der Waals surface area contributed by atoms with Gasteiger partial charge < -0.3 is 4.98 Å². The van der Waals surface area contributed by atoms with Gasteiger partial charge in [0.05, 0.1) is 5.03 Å². The van der Waals surface area contributed by atoms with Crippen molar-refractivity contribution in [3.05, 3.63) is 54.6 Å².